The zero-order chi connectivity index (χ0) is 9.07. The highest BCUT2D eigenvalue weighted by Crippen LogP contribution is 2.14. The van der Waals surface area contributed by atoms with E-state index in [9.17, 15) is 13.2 Å². The van der Waals surface area contributed by atoms with Crippen molar-refractivity contribution in [3.05, 3.63) is 0 Å². The van der Waals surface area contributed by atoms with Crippen molar-refractivity contribution < 1.29 is 13.2 Å². The van der Waals surface area contributed by atoms with Crippen molar-refractivity contribution >= 4 is 11.5 Å². The SMILES string of the molecule is CC(C)=N/N=C(\N)C(F)(F)F. The molecule has 0 aromatic carbocycles. The van der Waals surface area contributed by atoms with Gasteiger partial charge in [-0.3, -0.25) is 0 Å². The van der Waals surface area contributed by atoms with E-state index in [0.717, 1.165) is 0 Å². The molecule has 0 saturated heterocycles. The third-order valence-electron chi connectivity index (χ3n) is 0.648. The molecule has 0 saturated carbocycles. The zero-order valence-corrected chi connectivity index (χ0v) is 6.11. The summed E-state index contributed by atoms with van der Waals surface area (Å²) in [7, 11) is 0. The van der Waals surface area contributed by atoms with E-state index < -0.39 is 12.0 Å². The van der Waals surface area contributed by atoms with Gasteiger partial charge in [-0.1, -0.05) is 0 Å². The molecule has 0 atom stereocenters. The molecule has 0 aliphatic carbocycles. The van der Waals surface area contributed by atoms with Crippen LogP contribution in [-0.4, -0.2) is 17.7 Å². The van der Waals surface area contributed by atoms with Crippen LogP contribution in [0.4, 0.5) is 13.2 Å². The highest BCUT2D eigenvalue weighted by atomic mass is 19.4. The van der Waals surface area contributed by atoms with Crippen LogP contribution < -0.4 is 5.73 Å². The summed E-state index contributed by atoms with van der Waals surface area (Å²) < 4.78 is 34.7. The van der Waals surface area contributed by atoms with Gasteiger partial charge < -0.3 is 5.73 Å². The van der Waals surface area contributed by atoms with Gasteiger partial charge >= 0.3 is 6.18 Å². The first-order chi connectivity index (χ1) is 4.84. The molecule has 0 bridgehead atoms. The molecule has 0 fully saturated rings. The Hall–Kier alpha value is -1.07. The van der Waals surface area contributed by atoms with E-state index in [1.807, 2.05) is 0 Å². The molecule has 0 aromatic rings. The Morgan fingerprint density at radius 2 is 1.64 bits per heavy atom. The molecule has 0 amide bonds. The number of halogens is 3. The van der Waals surface area contributed by atoms with Gasteiger partial charge in [-0.15, -0.1) is 5.10 Å². The summed E-state index contributed by atoms with van der Waals surface area (Å²) in [6, 6.07) is 0. The second kappa shape index (κ2) is 3.36. The summed E-state index contributed by atoms with van der Waals surface area (Å²) in [5.74, 6) is -1.43. The third kappa shape index (κ3) is 4.35. The number of alkyl halides is 3. The molecular formula is C5H8F3N3. The first-order valence-corrected chi connectivity index (χ1v) is 2.75. The van der Waals surface area contributed by atoms with Crippen molar-refractivity contribution in [1.82, 2.24) is 0 Å². The molecule has 0 aliphatic rings. The van der Waals surface area contributed by atoms with E-state index in [1.165, 1.54) is 13.8 Å². The fourth-order valence-electron chi connectivity index (χ4n) is 0.211. The quantitative estimate of drug-likeness (QED) is 0.357. The number of hydrogen-bond donors (Lipinski definition) is 1. The average molecular weight is 167 g/mol. The van der Waals surface area contributed by atoms with Crippen LogP contribution in [0.1, 0.15) is 13.8 Å². The summed E-state index contributed by atoms with van der Waals surface area (Å²) in [4.78, 5) is 0. The van der Waals surface area contributed by atoms with Crippen LogP contribution >= 0.6 is 0 Å². The van der Waals surface area contributed by atoms with Crippen molar-refractivity contribution in [1.29, 1.82) is 0 Å². The van der Waals surface area contributed by atoms with Crippen molar-refractivity contribution in [2.24, 2.45) is 15.9 Å². The highest BCUT2D eigenvalue weighted by Gasteiger charge is 2.33. The molecule has 0 aromatic heterocycles. The van der Waals surface area contributed by atoms with Crippen LogP contribution in [0.5, 0.6) is 0 Å². The number of amidine groups is 1. The lowest BCUT2D eigenvalue weighted by Gasteiger charge is -2.01. The lowest BCUT2D eigenvalue weighted by atomic mass is 10.5. The molecule has 6 heteroatoms. The normalized spacial score (nSPS) is 13.0. The van der Waals surface area contributed by atoms with E-state index in [0.29, 0.717) is 5.71 Å². The van der Waals surface area contributed by atoms with Gasteiger partial charge in [0.2, 0.25) is 5.84 Å². The lowest BCUT2D eigenvalue weighted by Crippen LogP contribution is -2.30. The van der Waals surface area contributed by atoms with E-state index in [-0.39, 0.29) is 0 Å². The van der Waals surface area contributed by atoms with Crippen LogP contribution in [0, 0.1) is 0 Å². The molecule has 11 heavy (non-hydrogen) atoms. The number of rotatable bonds is 1. The Kier molecular flexibility index (Phi) is 3.03. The molecule has 0 radical (unpaired) electrons. The van der Waals surface area contributed by atoms with E-state index in [4.69, 9.17) is 0 Å². The summed E-state index contributed by atoms with van der Waals surface area (Å²) >= 11 is 0. The topological polar surface area (TPSA) is 50.7 Å². The summed E-state index contributed by atoms with van der Waals surface area (Å²) in [5, 5.41) is 5.90. The Balaban J connectivity index is 4.36. The van der Waals surface area contributed by atoms with Crippen LogP contribution in [0.3, 0.4) is 0 Å². The maximum Gasteiger partial charge on any atom is 0.450 e. The smallest absolute Gasteiger partial charge is 0.378 e. The Morgan fingerprint density at radius 1 is 1.18 bits per heavy atom. The first kappa shape index (κ1) is 9.93. The van der Waals surface area contributed by atoms with Gasteiger partial charge in [0.1, 0.15) is 0 Å². The van der Waals surface area contributed by atoms with Crippen molar-refractivity contribution in [3.8, 4) is 0 Å². The molecule has 0 aliphatic heterocycles. The molecule has 0 rings (SSSR count). The van der Waals surface area contributed by atoms with Gasteiger partial charge in [-0.05, 0) is 13.8 Å². The van der Waals surface area contributed by atoms with Crippen molar-refractivity contribution in [2.75, 3.05) is 0 Å². The van der Waals surface area contributed by atoms with Gasteiger partial charge in [0, 0.05) is 5.71 Å². The summed E-state index contributed by atoms with van der Waals surface area (Å²) in [5.41, 5.74) is 4.93. The fourth-order valence-corrected chi connectivity index (χ4v) is 0.211. The molecule has 64 valence electrons. The minimum atomic E-state index is -4.58. The summed E-state index contributed by atoms with van der Waals surface area (Å²) in [6.45, 7) is 3.04. The minimum Gasteiger partial charge on any atom is -0.378 e. The van der Waals surface area contributed by atoms with E-state index >= 15 is 0 Å². The van der Waals surface area contributed by atoms with Crippen LogP contribution in [0.15, 0.2) is 10.2 Å². The van der Waals surface area contributed by atoms with Crippen LogP contribution in [0.25, 0.3) is 0 Å². The van der Waals surface area contributed by atoms with Crippen molar-refractivity contribution in [3.63, 3.8) is 0 Å². The van der Waals surface area contributed by atoms with Gasteiger partial charge in [0.25, 0.3) is 0 Å². The zero-order valence-electron chi connectivity index (χ0n) is 6.11. The fraction of sp³-hybridized carbons (Fsp3) is 0.600. The van der Waals surface area contributed by atoms with Gasteiger partial charge in [0.15, 0.2) is 0 Å². The van der Waals surface area contributed by atoms with Gasteiger partial charge in [0.05, 0.1) is 0 Å². The van der Waals surface area contributed by atoms with E-state index in [2.05, 4.69) is 15.9 Å². The highest BCUT2D eigenvalue weighted by molar-refractivity contribution is 5.87. The molecule has 0 heterocycles. The number of nitrogens with zero attached hydrogens (tertiary/aromatic N) is 2. The Morgan fingerprint density at radius 3 is 1.91 bits per heavy atom. The standard InChI is InChI=1S/C5H8F3N3/c1-3(2)10-11-4(9)5(6,7)8/h1-2H3,(H2,9,11). The molecule has 2 N–H and O–H groups in total. The van der Waals surface area contributed by atoms with Gasteiger partial charge in [-0.25, -0.2) is 0 Å². The lowest BCUT2D eigenvalue weighted by molar-refractivity contribution is -0.0600. The molecule has 0 spiro atoms. The Bertz CT molecular complexity index is 188. The molecule has 3 nitrogen and oxygen atoms in total. The third-order valence-corrected chi connectivity index (χ3v) is 0.648. The van der Waals surface area contributed by atoms with E-state index in [1.54, 1.807) is 0 Å². The minimum absolute atomic E-state index is 0.414. The predicted octanol–water partition coefficient (Wildman–Crippen LogP) is 1.30. The Labute approximate surface area is 61.8 Å². The monoisotopic (exact) mass is 167 g/mol. The molecular weight excluding hydrogens is 159 g/mol. The average Bonchev–Trinajstić information content (AvgIpc) is 1.80. The summed E-state index contributed by atoms with van der Waals surface area (Å²) in [6.07, 6.45) is -4.58. The van der Waals surface area contributed by atoms with Gasteiger partial charge in [-0.2, -0.15) is 18.3 Å². The van der Waals surface area contributed by atoms with Crippen molar-refractivity contribution in [2.45, 2.75) is 20.0 Å². The second-order valence-electron chi connectivity index (χ2n) is 2.03. The maximum atomic E-state index is 11.6. The predicted molar refractivity (Wildman–Crippen MR) is 36.5 cm³/mol. The largest absolute Gasteiger partial charge is 0.450 e. The maximum absolute atomic E-state index is 11.6. The molecule has 0 unspecified atom stereocenters. The number of hydrogen-bond acceptors (Lipinski definition) is 2. The van der Waals surface area contributed by atoms with Crippen LogP contribution in [0.2, 0.25) is 0 Å². The first-order valence-electron chi connectivity index (χ1n) is 2.75. The second-order valence-corrected chi connectivity index (χ2v) is 2.03. The van der Waals surface area contributed by atoms with Crippen LogP contribution in [-0.2, 0) is 0 Å². The number of nitrogens with two attached hydrogens (primary N) is 1.